The maximum absolute atomic E-state index is 11.9. The summed E-state index contributed by atoms with van der Waals surface area (Å²) in [7, 11) is -3.57. The van der Waals surface area contributed by atoms with Crippen molar-refractivity contribution in [3.63, 3.8) is 0 Å². The number of nitrogens with zero attached hydrogens (tertiary/aromatic N) is 3. The predicted molar refractivity (Wildman–Crippen MR) is 235 cm³/mol. The van der Waals surface area contributed by atoms with Crippen molar-refractivity contribution in [2.24, 2.45) is 0 Å². The molecule has 0 aliphatic carbocycles. The van der Waals surface area contributed by atoms with Crippen LogP contribution in [0.4, 0.5) is 0 Å². The van der Waals surface area contributed by atoms with Crippen LogP contribution in [-0.4, -0.2) is 49.6 Å². The Morgan fingerprint density at radius 2 is 1.15 bits per heavy atom. The molecule has 0 spiro atoms. The molecule has 0 aliphatic heterocycles. The second kappa shape index (κ2) is 19.8. The fraction of sp³-hybridized carbons (Fsp3) is 0.279. The number of halogens is 6. The van der Waals surface area contributed by atoms with E-state index in [4.69, 9.17) is 97.4 Å². The zero-order chi connectivity index (χ0) is 44.0. The zero-order valence-electron chi connectivity index (χ0n) is 32.8. The van der Waals surface area contributed by atoms with Crippen LogP contribution < -0.4 is 18.9 Å². The van der Waals surface area contributed by atoms with Crippen LogP contribution in [0.25, 0.3) is 0 Å². The number of aromatic nitrogens is 2. The van der Waals surface area contributed by atoms with Crippen molar-refractivity contribution in [2.75, 3.05) is 31.2 Å². The van der Waals surface area contributed by atoms with Crippen LogP contribution in [0.5, 0.6) is 23.0 Å². The van der Waals surface area contributed by atoms with Crippen LogP contribution >= 0.6 is 69.6 Å². The topological polar surface area (TPSA) is 147 Å². The SMILES string of the molecule is CC(CC(C)(c1ccc(OCc2ocnc2C#N)cc1)c1cc(Cl)c(OCCCl)c(Cl)c1)(c1ccc(OCc2ncc(S(C)(=O)=O)o2)cc1)c1cc(Cl)c(OCCCl)c(Cl)c1. The predicted octanol–water partition coefficient (Wildman–Crippen LogP) is 11.6. The molecule has 0 saturated carbocycles. The van der Waals surface area contributed by atoms with Gasteiger partial charge in [-0.2, -0.15) is 5.26 Å². The highest BCUT2D eigenvalue weighted by molar-refractivity contribution is 7.90. The largest absolute Gasteiger partial charge is 0.489 e. The van der Waals surface area contributed by atoms with E-state index in [2.05, 4.69) is 23.8 Å². The molecular weight excluding hydrogens is 931 g/mol. The first-order chi connectivity index (χ1) is 29.1. The number of hydrogen-bond acceptors (Lipinski definition) is 11. The van der Waals surface area contributed by atoms with Gasteiger partial charge >= 0.3 is 0 Å². The molecule has 0 bridgehead atoms. The van der Waals surface area contributed by atoms with E-state index in [1.165, 1.54) is 6.39 Å². The number of hydrogen-bond donors (Lipinski definition) is 0. The van der Waals surface area contributed by atoms with Gasteiger partial charge in [0.1, 0.15) is 37.4 Å². The summed E-state index contributed by atoms with van der Waals surface area (Å²) in [6.07, 6.45) is 3.75. The monoisotopic (exact) mass is 965 g/mol. The Kier molecular flexibility index (Phi) is 15.0. The molecule has 0 saturated heterocycles. The standard InChI is InChI=1S/C43H37Cl6N3O8S/c1-42(28-16-32(46)40(33(47)17-28)55-14-12-44,26-4-8-30(9-5-26)57-22-37-36(20-50)52-25-59-37)24-43(2,29-18-34(48)41(35(49)19-29)56-15-13-45)27-6-10-31(11-7-27)58-23-38-51-21-39(60-38)61(3,53)54/h4-11,16-19,21,25H,12-15,22-24H2,1-3H3. The van der Waals surface area contributed by atoms with Crippen LogP contribution in [0.15, 0.2) is 99.3 Å². The summed E-state index contributed by atoms with van der Waals surface area (Å²) in [5, 5.41) is 10.3. The minimum atomic E-state index is -3.57. The van der Waals surface area contributed by atoms with Gasteiger partial charge in [0, 0.05) is 17.1 Å². The normalized spacial score (nSPS) is 13.5. The molecule has 2 atom stereocenters. The summed E-state index contributed by atoms with van der Waals surface area (Å²) >= 11 is 39.5. The third-order valence-corrected chi connectivity index (χ3v) is 12.3. The van der Waals surface area contributed by atoms with Gasteiger partial charge in [0.2, 0.25) is 20.8 Å². The van der Waals surface area contributed by atoms with Gasteiger partial charge in [-0.15, -0.1) is 23.2 Å². The summed E-state index contributed by atoms with van der Waals surface area (Å²) < 4.78 is 58.1. The van der Waals surface area contributed by atoms with Gasteiger partial charge in [0.25, 0.3) is 0 Å². The molecular formula is C43H37Cl6N3O8S. The fourth-order valence-electron chi connectivity index (χ4n) is 6.89. The van der Waals surface area contributed by atoms with Gasteiger partial charge in [0.05, 0.1) is 38.0 Å². The zero-order valence-corrected chi connectivity index (χ0v) is 38.2. The molecule has 2 heterocycles. The van der Waals surface area contributed by atoms with Gasteiger partial charge in [-0.1, -0.05) is 84.5 Å². The lowest BCUT2D eigenvalue weighted by atomic mass is 9.61. The summed E-state index contributed by atoms with van der Waals surface area (Å²) in [6, 6.07) is 24.3. The Labute approximate surface area is 383 Å². The van der Waals surface area contributed by atoms with Crippen molar-refractivity contribution in [3.8, 4) is 29.1 Å². The first kappa shape index (κ1) is 46.2. The van der Waals surface area contributed by atoms with Crippen molar-refractivity contribution >= 4 is 79.4 Å². The second-order valence-electron chi connectivity index (χ2n) is 14.2. The van der Waals surface area contributed by atoms with E-state index >= 15 is 0 Å². The molecule has 6 aromatic rings. The molecule has 0 N–H and O–H groups in total. The summed E-state index contributed by atoms with van der Waals surface area (Å²) in [5.41, 5.74) is 1.64. The average Bonchev–Trinajstić information content (AvgIpc) is 3.92. The van der Waals surface area contributed by atoms with Gasteiger partial charge in [-0.25, -0.2) is 18.4 Å². The molecule has 0 aliphatic rings. The first-order valence-electron chi connectivity index (χ1n) is 18.4. The van der Waals surface area contributed by atoms with Crippen molar-refractivity contribution in [2.45, 2.75) is 49.4 Å². The Hall–Kier alpha value is -4.32. The van der Waals surface area contributed by atoms with Gasteiger partial charge in [-0.05, 0) is 77.2 Å². The Morgan fingerprint density at radius 1 is 0.689 bits per heavy atom. The lowest BCUT2D eigenvalue weighted by Gasteiger charge is -2.42. The maximum atomic E-state index is 11.9. The molecule has 0 fully saturated rings. The van der Waals surface area contributed by atoms with Crippen LogP contribution in [-0.2, 0) is 33.9 Å². The quantitative estimate of drug-likeness (QED) is 0.0715. The number of rotatable bonds is 19. The average molecular weight is 969 g/mol. The van der Waals surface area contributed by atoms with E-state index in [1.807, 2.05) is 66.7 Å². The van der Waals surface area contributed by atoms with Crippen LogP contribution in [0.3, 0.4) is 0 Å². The molecule has 6 rings (SSSR count). The Balaban J connectivity index is 1.44. The minimum absolute atomic E-state index is 0.00188. The highest BCUT2D eigenvalue weighted by Gasteiger charge is 2.42. The lowest BCUT2D eigenvalue weighted by molar-refractivity contribution is 0.251. The van der Waals surface area contributed by atoms with E-state index in [9.17, 15) is 13.7 Å². The number of benzene rings is 4. The molecule has 2 aromatic heterocycles. The molecule has 4 aromatic carbocycles. The fourth-order valence-corrected chi connectivity index (χ4v) is 8.73. The van der Waals surface area contributed by atoms with E-state index in [0.29, 0.717) is 55.3 Å². The van der Waals surface area contributed by atoms with E-state index in [1.54, 1.807) is 12.1 Å². The van der Waals surface area contributed by atoms with Crippen molar-refractivity contribution in [3.05, 3.63) is 145 Å². The number of alkyl halides is 2. The van der Waals surface area contributed by atoms with E-state index < -0.39 is 20.7 Å². The molecule has 2 unspecified atom stereocenters. The third kappa shape index (κ3) is 10.7. The molecule has 18 heteroatoms. The van der Waals surface area contributed by atoms with Crippen molar-refractivity contribution in [1.82, 2.24) is 9.97 Å². The van der Waals surface area contributed by atoms with Gasteiger partial charge in [-0.3, -0.25) is 0 Å². The van der Waals surface area contributed by atoms with Crippen molar-refractivity contribution < 1.29 is 36.2 Å². The summed E-state index contributed by atoms with van der Waals surface area (Å²) in [5.74, 6) is 2.49. The van der Waals surface area contributed by atoms with E-state index in [0.717, 1.165) is 34.7 Å². The van der Waals surface area contributed by atoms with E-state index in [-0.39, 0.29) is 54.9 Å². The number of nitriles is 1. The van der Waals surface area contributed by atoms with Crippen LogP contribution in [0, 0.1) is 11.3 Å². The first-order valence-corrected chi connectivity index (χ1v) is 22.9. The van der Waals surface area contributed by atoms with Crippen molar-refractivity contribution in [1.29, 1.82) is 5.26 Å². The third-order valence-electron chi connectivity index (χ3n) is 9.98. The maximum Gasteiger partial charge on any atom is 0.238 e. The summed E-state index contributed by atoms with van der Waals surface area (Å²) in [4.78, 5) is 7.93. The lowest BCUT2D eigenvalue weighted by Crippen LogP contribution is -2.36. The highest BCUT2D eigenvalue weighted by atomic mass is 35.5. The smallest absolute Gasteiger partial charge is 0.238 e. The second-order valence-corrected chi connectivity index (χ2v) is 18.5. The minimum Gasteiger partial charge on any atom is -0.489 e. The number of oxazole rings is 2. The molecule has 11 nitrogen and oxygen atoms in total. The molecule has 0 radical (unpaired) electrons. The molecule has 61 heavy (non-hydrogen) atoms. The Morgan fingerprint density at radius 3 is 1.56 bits per heavy atom. The van der Waals surface area contributed by atoms with Crippen LogP contribution in [0.2, 0.25) is 20.1 Å². The summed E-state index contributed by atoms with van der Waals surface area (Å²) in [6.45, 7) is 4.44. The van der Waals surface area contributed by atoms with Gasteiger partial charge in [0.15, 0.2) is 36.0 Å². The highest BCUT2D eigenvalue weighted by Crippen LogP contribution is 2.51. The van der Waals surface area contributed by atoms with Crippen LogP contribution in [0.1, 0.15) is 59.9 Å². The number of sulfone groups is 1. The molecule has 0 amide bonds. The number of ether oxygens (including phenoxy) is 4. The Bertz CT molecular complexity index is 2590. The molecule has 320 valence electrons. The van der Waals surface area contributed by atoms with Gasteiger partial charge < -0.3 is 27.8 Å².